The van der Waals surface area contributed by atoms with Crippen LogP contribution in [0.5, 0.6) is 0 Å². The highest BCUT2D eigenvalue weighted by molar-refractivity contribution is 9.10. The van der Waals surface area contributed by atoms with Gasteiger partial charge in [-0.25, -0.2) is 4.98 Å². The molecule has 0 bridgehead atoms. The van der Waals surface area contributed by atoms with E-state index in [-0.39, 0.29) is 11.4 Å². The van der Waals surface area contributed by atoms with E-state index in [1.165, 1.54) is 10.6 Å². The van der Waals surface area contributed by atoms with Gasteiger partial charge in [-0.2, -0.15) is 13.2 Å². The van der Waals surface area contributed by atoms with E-state index in [0.29, 0.717) is 15.7 Å². The predicted molar refractivity (Wildman–Crippen MR) is 90.9 cm³/mol. The van der Waals surface area contributed by atoms with E-state index in [1.54, 1.807) is 42.5 Å². The molecule has 0 spiro atoms. The highest BCUT2D eigenvalue weighted by Crippen LogP contribution is 2.27. The van der Waals surface area contributed by atoms with Crippen LogP contribution in [0.1, 0.15) is 23.1 Å². The largest absolute Gasteiger partial charge is 0.394 e. The normalized spacial score (nSPS) is 12.7. The van der Waals surface area contributed by atoms with Crippen molar-refractivity contribution in [2.75, 3.05) is 0 Å². The molecule has 0 aliphatic rings. The van der Waals surface area contributed by atoms with Crippen LogP contribution < -0.4 is 0 Å². The number of fused-ring (bicyclic) bond motifs is 1. The number of imidazole rings is 1. The average molecular weight is 409 g/mol. The van der Waals surface area contributed by atoms with Gasteiger partial charge in [-0.3, -0.25) is 0 Å². The Morgan fingerprint density at radius 2 is 1.88 bits per heavy atom. The molecule has 0 aliphatic heterocycles. The van der Waals surface area contributed by atoms with Crippen LogP contribution in [0.4, 0.5) is 13.2 Å². The maximum absolute atomic E-state index is 12.9. The third-order valence-electron chi connectivity index (χ3n) is 3.51. The predicted octanol–water partition coefficient (Wildman–Crippen LogP) is 4.29. The van der Waals surface area contributed by atoms with E-state index in [9.17, 15) is 18.3 Å². The van der Waals surface area contributed by atoms with Crippen molar-refractivity contribution in [1.82, 2.24) is 9.38 Å². The van der Waals surface area contributed by atoms with Crippen LogP contribution in [0.25, 0.3) is 5.65 Å². The molecule has 3 rings (SSSR count). The van der Waals surface area contributed by atoms with Gasteiger partial charge in [0.25, 0.3) is 0 Å². The molecule has 1 atom stereocenters. The van der Waals surface area contributed by atoms with Gasteiger partial charge in [0, 0.05) is 6.20 Å². The van der Waals surface area contributed by atoms with Gasteiger partial charge in [-0.15, -0.1) is 0 Å². The fourth-order valence-electron chi connectivity index (χ4n) is 2.40. The first-order valence-corrected chi connectivity index (χ1v) is 8.11. The van der Waals surface area contributed by atoms with Crippen LogP contribution in [-0.2, 0) is 6.42 Å². The molecule has 2 aromatic heterocycles. The van der Waals surface area contributed by atoms with E-state index < -0.39 is 18.7 Å². The Hall–Kier alpha value is -2.30. The lowest BCUT2D eigenvalue weighted by Crippen LogP contribution is -2.14. The first kappa shape index (κ1) is 17.5. The topological polar surface area (TPSA) is 37.5 Å². The van der Waals surface area contributed by atoms with Crippen molar-refractivity contribution in [1.29, 1.82) is 0 Å². The molecule has 0 unspecified atom stereocenters. The van der Waals surface area contributed by atoms with Gasteiger partial charge in [0.2, 0.25) is 0 Å². The molecule has 25 heavy (non-hydrogen) atoms. The summed E-state index contributed by atoms with van der Waals surface area (Å²) in [4.78, 5) is 4.19. The quantitative estimate of drug-likeness (QED) is 0.642. The molecule has 1 aromatic carbocycles. The Morgan fingerprint density at radius 3 is 2.56 bits per heavy atom. The van der Waals surface area contributed by atoms with Crippen molar-refractivity contribution < 1.29 is 18.3 Å². The van der Waals surface area contributed by atoms with Crippen molar-refractivity contribution in [2.24, 2.45) is 0 Å². The SMILES string of the molecule is O[C@@H](C#Cc1nc2c(Br)cccn2c1CC(F)(F)F)c1ccccc1. The van der Waals surface area contributed by atoms with Crippen molar-refractivity contribution in [3.8, 4) is 11.8 Å². The van der Waals surface area contributed by atoms with E-state index in [2.05, 4.69) is 32.8 Å². The number of hydrogen-bond acceptors (Lipinski definition) is 2. The summed E-state index contributed by atoms with van der Waals surface area (Å²) in [7, 11) is 0. The van der Waals surface area contributed by atoms with Crippen LogP contribution in [0.3, 0.4) is 0 Å². The van der Waals surface area contributed by atoms with Crippen LogP contribution in [0.15, 0.2) is 53.1 Å². The molecule has 3 nitrogen and oxygen atoms in total. The minimum Gasteiger partial charge on any atom is -0.376 e. The van der Waals surface area contributed by atoms with Crippen LogP contribution in [0.2, 0.25) is 0 Å². The minimum atomic E-state index is -4.40. The molecule has 3 aromatic rings. The molecule has 0 amide bonds. The van der Waals surface area contributed by atoms with Gasteiger partial charge >= 0.3 is 6.18 Å². The molecule has 7 heteroatoms. The van der Waals surface area contributed by atoms with Crippen molar-refractivity contribution in [2.45, 2.75) is 18.7 Å². The van der Waals surface area contributed by atoms with Gasteiger partial charge < -0.3 is 9.51 Å². The third-order valence-corrected chi connectivity index (χ3v) is 4.13. The van der Waals surface area contributed by atoms with Crippen LogP contribution >= 0.6 is 15.9 Å². The van der Waals surface area contributed by atoms with Gasteiger partial charge in [0.1, 0.15) is 11.8 Å². The summed E-state index contributed by atoms with van der Waals surface area (Å²) in [5.41, 5.74) is 0.855. The van der Waals surface area contributed by atoms with Crippen LogP contribution in [0, 0.1) is 11.8 Å². The Balaban J connectivity index is 2.05. The first-order chi connectivity index (χ1) is 11.8. The lowest BCUT2D eigenvalue weighted by molar-refractivity contribution is -0.128. The number of alkyl halides is 3. The molecule has 128 valence electrons. The number of halogens is 4. The monoisotopic (exact) mass is 408 g/mol. The maximum atomic E-state index is 12.9. The number of aliphatic hydroxyl groups is 1. The highest BCUT2D eigenvalue weighted by atomic mass is 79.9. The zero-order valence-corrected chi connectivity index (χ0v) is 14.3. The molecule has 0 radical (unpaired) electrons. The molecular formula is C18H12BrF3N2O. The molecule has 0 saturated heterocycles. The zero-order chi connectivity index (χ0) is 18.0. The number of hydrogen-bond donors (Lipinski definition) is 1. The lowest BCUT2D eigenvalue weighted by atomic mass is 10.1. The number of benzene rings is 1. The Morgan fingerprint density at radius 1 is 1.16 bits per heavy atom. The summed E-state index contributed by atoms with van der Waals surface area (Å²) >= 11 is 3.28. The fraction of sp³-hybridized carbons (Fsp3) is 0.167. The second kappa shape index (κ2) is 6.90. The molecule has 1 N–H and O–H groups in total. The van der Waals surface area contributed by atoms with Gasteiger partial charge in [0.15, 0.2) is 5.65 Å². The van der Waals surface area contributed by atoms with E-state index >= 15 is 0 Å². The fourth-order valence-corrected chi connectivity index (χ4v) is 2.83. The number of nitrogens with zero attached hydrogens (tertiary/aromatic N) is 2. The third kappa shape index (κ3) is 4.03. The van der Waals surface area contributed by atoms with Crippen molar-refractivity contribution >= 4 is 21.6 Å². The standard InChI is InChI=1S/C18H12BrF3N2O/c19-13-7-4-10-24-15(11-18(20,21)22)14(23-17(13)24)8-9-16(25)12-5-2-1-3-6-12/h1-7,10,16,25H,11H2/t16-/m0/s1. The summed E-state index contributed by atoms with van der Waals surface area (Å²) < 4.78 is 40.7. The van der Waals surface area contributed by atoms with E-state index in [1.807, 2.05) is 0 Å². The number of rotatable bonds is 2. The van der Waals surface area contributed by atoms with Crippen LogP contribution in [-0.4, -0.2) is 20.7 Å². The number of pyridine rings is 1. The smallest absolute Gasteiger partial charge is 0.376 e. The summed E-state index contributed by atoms with van der Waals surface area (Å²) in [5.74, 6) is 5.17. The number of aromatic nitrogens is 2. The van der Waals surface area contributed by atoms with Gasteiger partial charge in [-0.05, 0) is 39.5 Å². The Bertz CT molecular complexity index is 955. The van der Waals surface area contributed by atoms with Gasteiger partial charge in [0.05, 0.1) is 16.6 Å². The average Bonchev–Trinajstić information content (AvgIpc) is 2.91. The molecule has 0 fully saturated rings. The summed E-state index contributed by atoms with van der Waals surface area (Å²) in [6.45, 7) is 0. The Labute approximate surface area is 150 Å². The second-order valence-corrected chi connectivity index (χ2v) is 6.19. The lowest BCUT2D eigenvalue weighted by Gasteiger charge is -2.07. The highest BCUT2D eigenvalue weighted by Gasteiger charge is 2.31. The minimum absolute atomic E-state index is 0.000735. The van der Waals surface area contributed by atoms with E-state index in [4.69, 9.17) is 0 Å². The Kier molecular flexibility index (Phi) is 4.84. The summed E-state index contributed by atoms with van der Waals surface area (Å²) in [6.07, 6.45) is -5.15. The summed E-state index contributed by atoms with van der Waals surface area (Å²) in [6, 6.07) is 12.0. The first-order valence-electron chi connectivity index (χ1n) is 7.32. The maximum Gasteiger partial charge on any atom is 0.394 e. The molecule has 0 saturated carbocycles. The summed E-state index contributed by atoms with van der Waals surface area (Å²) in [5, 5.41) is 10.1. The van der Waals surface area contributed by atoms with Crippen molar-refractivity contribution in [3.05, 3.63) is 70.1 Å². The molecule has 2 heterocycles. The second-order valence-electron chi connectivity index (χ2n) is 5.33. The zero-order valence-electron chi connectivity index (χ0n) is 12.8. The molecule has 0 aliphatic carbocycles. The number of aliphatic hydroxyl groups excluding tert-OH is 1. The molecular weight excluding hydrogens is 397 g/mol. The van der Waals surface area contributed by atoms with Crippen molar-refractivity contribution in [3.63, 3.8) is 0 Å². The van der Waals surface area contributed by atoms with E-state index in [0.717, 1.165) is 0 Å². The van der Waals surface area contributed by atoms with Gasteiger partial charge in [-0.1, -0.05) is 36.3 Å².